The van der Waals surface area contributed by atoms with Gasteiger partial charge in [0.15, 0.2) is 22.0 Å². The Hall–Kier alpha value is -7.15. The second-order valence-electron chi connectivity index (χ2n) is 13.8. The third-order valence-corrected chi connectivity index (χ3v) is 12.0. The Labute approximate surface area is 420 Å². The number of azo groups is 1. The molecule has 29 heteroatoms. The first-order valence-corrected chi connectivity index (χ1v) is 23.6. The van der Waals surface area contributed by atoms with Gasteiger partial charge in [0.05, 0.1) is 28.9 Å². The number of aromatic hydroxyl groups is 1. The van der Waals surface area contributed by atoms with Gasteiger partial charge in [0, 0.05) is 73.4 Å². The summed E-state index contributed by atoms with van der Waals surface area (Å²) in [5.74, 6) is -3.90. The number of carboxylic acid groups (broad SMARTS) is 1. The normalized spacial score (nSPS) is 11.4. The van der Waals surface area contributed by atoms with Crippen molar-refractivity contribution in [2.75, 3.05) is 11.1 Å². The number of nitrogens with zero attached hydrogens (tertiary/aromatic N) is 2. The number of carboxylic acids is 1. The number of carbonyl (C=O) groups excluding carboxylic acids is 3. The van der Waals surface area contributed by atoms with Crippen molar-refractivity contribution in [3.8, 4) is 28.2 Å². The molecule has 24 nitrogen and oxygen atoms in total. The van der Waals surface area contributed by atoms with Crippen molar-refractivity contribution in [3.63, 3.8) is 0 Å². The summed E-state index contributed by atoms with van der Waals surface area (Å²) in [5, 5.41) is 36.2. The average molecular weight is 1110 g/mol. The second kappa shape index (κ2) is 21.7. The molecule has 0 fully saturated rings. The minimum absolute atomic E-state index is 0. The molecule has 0 unspecified atom stereocenters. The summed E-state index contributed by atoms with van der Waals surface area (Å²) >= 11 is 0. The SMILES string of the molecule is CC(=O)Nc1cccc2cc(S(=O)(=O)O)c(N=Nc3ccc([C-]=O)cc3)c(O)c12.O=S(=O)=O.[CH2-]C(=O)c1ccc(-c2c3ccc(=[NH2+])c(S(=O)(=O)[O-])c-3oc3c(S(=O)(=O)[O-])c(N)ccc23)c(C(=O)O)c1.[Y]. The van der Waals surface area contributed by atoms with Crippen molar-refractivity contribution < 1.29 is 123 Å². The molecule has 0 aromatic heterocycles. The molecule has 5 aromatic rings. The first-order valence-electron chi connectivity index (χ1n) is 18.3. The van der Waals surface area contributed by atoms with Gasteiger partial charge in [-0.2, -0.15) is 38.2 Å². The minimum atomic E-state index is -5.33. The van der Waals surface area contributed by atoms with Gasteiger partial charge in [0.1, 0.15) is 35.7 Å². The molecular formula is C41H28N5O19S4Y-3. The van der Waals surface area contributed by atoms with Gasteiger partial charge in [-0.05, 0) is 41.3 Å². The molecule has 361 valence electrons. The molecule has 1 aliphatic heterocycles. The number of hydrogen-bond acceptors (Lipinski definition) is 20. The van der Waals surface area contributed by atoms with E-state index in [0.29, 0.717) is 0 Å². The van der Waals surface area contributed by atoms with Crippen molar-refractivity contribution >= 4 is 109 Å². The fourth-order valence-corrected chi connectivity index (χ4v) is 8.74. The van der Waals surface area contributed by atoms with Crippen LogP contribution in [0.15, 0.2) is 120 Å². The number of carbonyl (C=O) groups is 3. The number of phenolic OH excluding ortho intramolecular Hbond substituents is 1. The molecule has 1 heterocycles. The average Bonchev–Trinajstić information content (AvgIpc) is 3.23. The maximum atomic E-state index is 12.1. The zero-order chi connectivity index (χ0) is 51.5. The summed E-state index contributed by atoms with van der Waals surface area (Å²) in [4.78, 5) is 43.1. The molecule has 1 radical (unpaired) electrons. The van der Waals surface area contributed by atoms with Crippen LogP contribution in [-0.2, 0) is 83.3 Å². The van der Waals surface area contributed by atoms with Crippen LogP contribution in [0, 0.1) is 6.92 Å². The van der Waals surface area contributed by atoms with Crippen molar-refractivity contribution in [2.45, 2.75) is 21.6 Å². The number of amides is 1. The first-order chi connectivity index (χ1) is 32.1. The van der Waals surface area contributed by atoms with Crippen LogP contribution < -0.4 is 21.8 Å². The van der Waals surface area contributed by atoms with Crippen LogP contribution in [0.1, 0.15) is 33.2 Å². The predicted octanol–water partition coefficient (Wildman–Crippen LogP) is 2.59. The molecule has 0 saturated carbocycles. The minimum Gasteiger partial charge on any atom is -0.744 e. The largest absolute Gasteiger partial charge is 0.744 e. The van der Waals surface area contributed by atoms with Gasteiger partial charge in [-0.3, -0.25) is 14.8 Å². The predicted molar refractivity (Wildman–Crippen MR) is 235 cm³/mol. The van der Waals surface area contributed by atoms with Gasteiger partial charge in [0.2, 0.25) is 11.3 Å². The topological polar surface area (TPSA) is 430 Å². The number of nitrogen functional groups attached to an aromatic ring is 1. The van der Waals surface area contributed by atoms with E-state index in [1.54, 1.807) is 12.4 Å². The Morgan fingerprint density at radius 1 is 0.857 bits per heavy atom. The maximum Gasteiger partial charge on any atom is 0.425 e. The van der Waals surface area contributed by atoms with Crippen LogP contribution in [0.25, 0.3) is 44.2 Å². The number of hydrogen-bond donors (Lipinski definition) is 6. The molecule has 0 spiro atoms. The molecule has 1 aliphatic carbocycles. The summed E-state index contributed by atoms with van der Waals surface area (Å²) < 4.78 is 136. The summed E-state index contributed by atoms with van der Waals surface area (Å²) in [6, 6.07) is 19.5. The van der Waals surface area contributed by atoms with Crippen molar-refractivity contribution in [1.82, 2.24) is 0 Å². The summed E-state index contributed by atoms with van der Waals surface area (Å²) in [6.07, 6.45) is 1.70. The van der Waals surface area contributed by atoms with Crippen molar-refractivity contribution in [1.29, 1.82) is 0 Å². The first kappa shape index (κ1) is 55.5. The molecule has 5 aromatic carbocycles. The molecule has 8 N–H and O–H groups in total. The van der Waals surface area contributed by atoms with E-state index in [9.17, 15) is 68.3 Å². The fourth-order valence-electron chi connectivity index (χ4n) is 6.61. The maximum absolute atomic E-state index is 12.1. The zero-order valence-electron chi connectivity index (χ0n) is 35.0. The number of Topliss-reactive ketones (excluding diaryl/α,β-unsaturated/α-hetero) is 1. The number of anilines is 2. The van der Waals surface area contributed by atoms with Gasteiger partial charge < -0.3 is 44.4 Å². The van der Waals surface area contributed by atoms with Crippen molar-refractivity contribution in [3.05, 3.63) is 120 Å². The monoisotopic (exact) mass is 1110 g/mol. The number of nitrogens with one attached hydrogen (secondary N) is 1. The number of fused-ring (bicyclic) bond motifs is 3. The van der Waals surface area contributed by atoms with Gasteiger partial charge in [-0.25, -0.2) is 21.6 Å². The van der Waals surface area contributed by atoms with E-state index in [2.05, 4.69) is 22.5 Å². The number of phenols is 1. The Morgan fingerprint density at radius 3 is 1.99 bits per heavy atom. The van der Waals surface area contributed by atoms with Crippen LogP contribution in [0.3, 0.4) is 0 Å². The van der Waals surface area contributed by atoms with Gasteiger partial charge in [0.25, 0.3) is 10.1 Å². The number of rotatable bonds is 10. The van der Waals surface area contributed by atoms with E-state index < -0.39 is 113 Å². The number of ketones is 1. The summed E-state index contributed by atoms with van der Waals surface area (Å²) in [7, 11) is -18.5. The third-order valence-electron chi connectivity index (χ3n) is 9.29. The Balaban J connectivity index is 0.000000284. The zero-order valence-corrected chi connectivity index (χ0v) is 41.1. The molecule has 0 atom stereocenters. The van der Waals surface area contributed by atoms with Crippen LogP contribution in [0.2, 0.25) is 0 Å². The summed E-state index contributed by atoms with van der Waals surface area (Å²) in [5.41, 5.74) is 3.81. The van der Waals surface area contributed by atoms with Gasteiger partial charge >= 0.3 is 16.6 Å². The standard InChI is InChI=1S/C22H15N2O10S2.C19H14N3O6S.O3S.Y/c1-9(25)10-2-3-11(14(8-10)22(26)27)17-12-4-6-15(23)20(35(28,29)30)18(12)34-19-13(17)5-7-16(24)21(19)36(31,32)33;1-11(24)20-15-4-2-3-13-9-16(29(26,27)28)18(19(25)17(13)15)22-21-14-7-5-12(10-23)6-8-14;1-4(2)3;/h2-8,23H,1,24H2,(H,26,27)(H,28,29,30)(H,31,32,33);2-9,25H,1H3,(H,20,24)(H,26,27,28);;/q2*-1;;/p-1. The molecule has 0 saturated heterocycles. The van der Waals surface area contributed by atoms with Crippen LogP contribution in [0.4, 0.5) is 22.7 Å². The van der Waals surface area contributed by atoms with Crippen LogP contribution >= 0.6 is 0 Å². The summed E-state index contributed by atoms with van der Waals surface area (Å²) in [6.45, 7) is 4.51. The van der Waals surface area contributed by atoms with Gasteiger partial charge in [-0.1, -0.05) is 30.3 Å². The fraction of sp³-hybridized carbons (Fsp3) is 0.0244. The smallest absolute Gasteiger partial charge is 0.425 e. The number of benzene rings is 6. The van der Waals surface area contributed by atoms with E-state index in [1.165, 1.54) is 67.6 Å². The quantitative estimate of drug-likeness (QED) is 0.0286. The Kier molecular flexibility index (Phi) is 17.2. The van der Waals surface area contributed by atoms with E-state index in [0.717, 1.165) is 24.3 Å². The van der Waals surface area contributed by atoms with E-state index >= 15 is 0 Å². The molecule has 70 heavy (non-hydrogen) atoms. The molecule has 1 amide bonds. The molecule has 0 bridgehead atoms. The molecular weight excluding hydrogens is 1080 g/mol. The van der Waals surface area contributed by atoms with E-state index in [4.69, 9.17) is 28.2 Å². The number of aromatic carboxylic acids is 1. The Morgan fingerprint density at radius 2 is 1.46 bits per heavy atom. The molecule has 2 aliphatic rings. The van der Waals surface area contributed by atoms with E-state index in [-0.39, 0.29) is 88.1 Å². The van der Waals surface area contributed by atoms with Gasteiger partial charge in [-0.15, -0.1) is 35.4 Å². The number of nitrogens with two attached hydrogens (primary N) is 2. The molecule has 7 rings (SSSR count). The van der Waals surface area contributed by atoms with Crippen LogP contribution in [0.5, 0.6) is 5.75 Å². The Bertz CT molecular complexity index is 3840. The third kappa shape index (κ3) is 12.4. The second-order valence-corrected chi connectivity index (χ2v) is 18.2. The van der Waals surface area contributed by atoms with Crippen molar-refractivity contribution in [2.24, 2.45) is 10.2 Å². The van der Waals surface area contributed by atoms with Crippen LogP contribution in [-0.4, -0.2) is 85.7 Å². The van der Waals surface area contributed by atoms with E-state index in [1.807, 2.05) is 0 Å².